The fourth-order valence-corrected chi connectivity index (χ4v) is 7.54. The van der Waals surface area contributed by atoms with Crippen LogP contribution in [-0.2, 0) is 26.0 Å². The molecule has 2 atom stereocenters. The summed E-state index contributed by atoms with van der Waals surface area (Å²) in [4.78, 5) is 31.0. The Hall–Kier alpha value is -4.67. The van der Waals surface area contributed by atoms with Crippen molar-refractivity contribution in [3.05, 3.63) is 103 Å². The van der Waals surface area contributed by atoms with Gasteiger partial charge in [0.1, 0.15) is 17.8 Å². The van der Waals surface area contributed by atoms with Gasteiger partial charge in [0.15, 0.2) is 0 Å². The Bertz CT molecular complexity index is 1940. The molecule has 2 heterocycles. The minimum absolute atomic E-state index is 0.0564. The highest BCUT2D eigenvalue weighted by Crippen LogP contribution is 2.28. The number of H-pyrrole nitrogens is 1. The van der Waals surface area contributed by atoms with Crippen LogP contribution < -0.4 is 15.4 Å². The van der Waals surface area contributed by atoms with Gasteiger partial charge in [-0.25, -0.2) is 8.42 Å². The van der Waals surface area contributed by atoms with E-state index in [0.29, 0.717) is 30.7 Å². The average Bonchev–Trinajstić information content (AvgIpc) is 3.47. The number of carbonyl (C=O) groups is 2. The summed E-state index contributed by atoms with van der Waals surface area (Å²) >= 11 is 0. The first-order chi connectivity index (χ1) is 21.3. The molecule has 1 unspecified atom stereocenters. The van der Waals surface area contributed by atoms with Gasteiger partial charge in [0.05, 0.1) is 12.0 Å². The van der Waals surface area contributed by atoms with E-state index in [9.17, 15) is 18.0 Å². The van der Waals surface area contributed by atoms with Crippen molar-refractivity contribution in [2.45, 2.75) is 42.7 Å². The number of hydrogen-bond donors (Lipinski definition) is 3. The van der Waals surface area contributed by atoms with Crippen LogP contribution in [0.25, 0.3) is 21.7 Å². The molecule has 0 spiro atoms. The molecule has 3 N–H and O–H groups in total. The molecule has 226 valence electrons. The number of amides is 2. The number of nitrogens with one attached hydrogen (secondary N) is 3. The number of para-hydroxylation sites is 1. The van der Waals surface area contributed by atoms with Crippen molar-refractivity contribution >= 4 is 49.2 Å². The molecule has 1 aliphatic heterocycles. The number of nitrogens with zero attached hydrogens (tertiary/aromatic N) is 1. The third-order valence-electron chi connectivity index (χ3n) is 8.15. The second-order valence-corrected chi connectivity index (χ2v) is 12.9. The minimum atomic E-state index is -4.01. The number of piperidine rings is 1. The van der Waals surface area contributed by atoms with Gasteiger partial charge in [0, 0.05) is 41.8 Å². The highest BCUT2D eigenvalue weighted by Gasteiger charge is 2.39. The smallest absolute Gasteiger partial charge is 0.247 e. The molecule has 0 aliphatic carbocycles. The van der Waals surface area contributed by atoms with Crippen molar-refractivity contribution in [2.24, 2.45) is 0 Å². The van der Waals surface area contributed by atoms with E-state index in [2.05, 4.69) is 15.6 Å². The van der Waals surface area contributed by atoms with Crippen LogP contribution in [0.2, 0.25) is 0 Å². The lowest BCUT2D eigenvalue weighted by molar-refractivity contribution is -0.129. The SMILES string of the molecule is COc1cccc(S(=O)(=O)N2CCCCC2C(=O)N[C@@H](Cc2c[nH]c3ccccc23)C(=O)Nc2ccc3ccccc3c2)c1. The zero-order valence-corrected chi connectivity index (χ0v) is 25.1. The molecule has 9 nitrogen and oxygen atoms in total. The minimum Gasteiger partial charge on any atom is -0.497 e. The molecule has 2 amide bonds. The molecule has 1 saturated heterocycles. The van der Waals surface area contributed by atoms with E-state index >= 15 is 0 Å². The number of anilines is 1. The first-order valence-electron chi connectivity index (χ1n) is 14.6. The first-order valence-corrected chi connectivity index (χ1v) is 16.1. The summed E-state index contributed by atoms with van der Waals surface area (Å²) in [6, 6.07) is 25.6. The molecule has 0 radical (unpaired) electrons. The zero-order valence-electron chi connectivity index (χ0n) is 24.3. The third kappa shape index (κ3) is 6.04. The number of benzene rings is 4. The predicted octanol–water partition coefficient (Wildman–Crippen LogP) is 5.24. The lowest BCUT2D eigenvalue weighted by atomic mass is 10.0. The Labute approximate surface area is 256 Å². The van der Waals surface area contributed by atoms with Crippen molar-refractivity contribution in [2.75, 3.05) is 19.0 Å². The molecule has 1 fully saturated rings. The molecule has 4 aromatic carbocycles. The average molecular weight is 611 g/mol. The van der Waals surface area contributed by atoms with Gasteiger partial charge in [-0.3, -0.25) is 9.59 Å². The fraction of sp³-hybridized carbons (Fsp3) is 0.235. The number of ether oxygens (including phenoxy) is 1. The van der Waals surface area contributed by atoms with E-state index in [1.54, 1.807) is 12.1 Å². The first kappa shape index (κ1) is 29.4. The number of rotatable bonds is 9. The summed E-state index contributed by atoms with van der Waals surface area (Å²) in [6.45, 7) is 0.202. The maximum Gasteiger partial charge on any atom is 0.247 e. The van der Waals surface area contributed by atoms with E-state index in [-0.39, 0.29) is 17.9 Å². The Morgan fingerprint density at radius 1 is 0.955 bits per heavy atom. The Balaban J connectivity index is 1.28. The molecular formula is C34H34N4O5S. The van der Waals surface area contributed by atoms with Crippen molar-refractivity contribution in [1.82, 2.24) is 14.6 Å². The molecule has 1 aromatic heterocycles. The Morgan fingerprint density at radius 3 is 2.59 bits per heavy atom. The van der Waals surface area contributed by atoms with Crippen LogP contribution >= 0.6 is 0 Å². The summed E-state index contributed by atoms with van der Waals surface area (Å²) in [7, 11) is -2.53. The van der Waals surface area contributed by atoms with Crippen LogP contribution in [0, 0.1) is 0 Å². The third-order valence-corrected chi connectivity index (χ3v) is 10.1. The van der Waals surface area contributed by atoms with E-state index in [4.69, 9.17) is 4.74 Å². The van der Waals surface area contributed by atoms with Gasteiger partial charge < -0.3 is 20.4 Å². The molecule has 1 aliphatic rings. The van der Waals surface area contributed by atoms with Crippen LogP contribution in [-0.4, -0.2) is 55.3 Å². The highest BCUT2D eigenvalue weighted by molar-refractivity contribution is 7.89. The van der Waals surface area contributed by atoms with Gasteiger partial charge in [0.2, 0.25) is 21.8 Å². The topological polar surface area (TPSA) is 121 Å². The molecule has 0 saturated carbocycles. The molecule has 5 aromatic rings. The number of aromatic nitrogens is 1. The maximum absolute atomic E-state index is 13.9. The van der Waals surface area contributed by atoms with Crippen LogP contribution in [0.4, 0.5) is 5.69 Å². The van der Waals surface area contributed by atoms with Crippen LogP contribution in [0.5, 0.6) is 5.75 Å². The van der Waals surface area contributed by atoms with E-state index in [0.717, 1.165) is 27.2 Å². The number of sulfonamides is 1. The van der Waals surface area contributed by atoms with Crippen LogP contribution in [0.15, 0.2) is 102 Å². The van der Waals surface area contributed by atoms with Gasteiger partial charge in [-0.2, -0.15) is 4.31 Å². The second-order valence-electron chi connectivity index (χ2n) is 11.0. The number of aromatic amines is 1. The molecule has 44 heavy (non-hydrogen) atoms. The Morgan fingerprint density at radius 2 is 1.75 bits per heavy atom. The van der Waals surface area contributed by atoms with Crippen molar-refractivity contribution in [3.63, 3.8) is 0 Å². The number of carbonyl (C=O) groups excluding carboxylic acids is 2. The van der Waals surface area contributed by atoms with Gasteiger partial charge in [0.25, 0.3) is 0 Å². The van der Waals surface area contributed by atoms with E-state index in [1.807, 2.05) is 72.9 Å². The molecular weight excluding hydrogens is 576 g/mol. The van der Waals surface area contributed by atoms with Crippen LogP contribution in [0.3, 0.4) is 0 Å². The van der Waals surface area contributed by atoms with Crippen LogP contribution in [0.1, 0.15) is 24.8 Å². The summed E-state index contributed by atoms with van der Waals surface area (Å²) < 4.78 is 34.0. The van der Waals surface area contributed by atoms with Crippen molar-refractivity contribution in [1.29, 1.82) is 0 Å². The zero-order chi connectivity index (χ0) is 30.7. The van der Waals surface area contributed by atoms with Crippen molar-refractivity contribution < 1.29 is 22.7 Å². The monoisotopic (exact) mass is 610 g/mol. The Kier molecular flexibility index (Phi) is 8.36. The quantitative estimate of drug-likeness (QED) is 0.211. The summed E-state index contributed by atoms with van der Waals surface area (Å²) in [6.07, 6.45) is 3.73. The molecule has 6 rings (SSSR count). The van der Waals surface area contributed by atoms with E-state index in [1.165, 1.54) is 23.5 Å². The lowest BCUT2D eigenvalue weighted by Gasteiger charge is -2.34. The summed E-state index contributed by atoms with van der Waals surface area (Å²) in [5.41, 5.74) is 2.39. The fourth-order valence-electron chi connectivity index (χ4n) is 5.85. The number of hydrogen-bond acceptors (Lipinski definition) is 5. The standard InChI is InChI=1S/C34H34N4O5S/c1-43-27-11-8-12-28(21-27)44(41,42)38-18-7-6-15-32(38)34(40)37-31(20-25-22-35-30-14-5-4-13-29(25)30)33(39)36-26-17-16-23-9-2-3-10-24(23)19-26/h2-5,8-14,16-17,19,21-22,31-32,35H,6-7,15,18,20H2,1H3,(H,36,39)(H,37,40)/t31-,32?/m0/s1. The van der Waals surface area contributed by atoms with E-state index < -0.39 is 33.9 Å². The maximum atomic E-state index is 13.9. The number of fused-ring (bicyclic) bond motifs is 2. The number of methoxy groups -OCH3 is 1. The largest absolute Gasteiger partial charge is 0.497 e. The summed E-state index contributed by atoms with van der Waals surface area (Å²) in [5.74, 6) is -0.486. The lowest BCUT2D eigenvalue weighted by Crippen LogP contribution is -2.56. The van der Waals surface area contributed by atoms with Gasteiger partial charge in [-0.05, 0) is 59.5 Å². The highest BCUT2D eigenvalue weighted by atomic mass is 32.2. The normalized spacial score (nSPS) is 16.4. The second kappa shape index (κ2) is 12.5. The van der Waals surface area contributed by atoms with Gasteiger partial charge in [-0.1, -0.05) is 61.0 Å². The van der Waals surface area contributed by atoms with Crippen molar-refractivity contribution in [3.8, 4) is 5.75 Å². The van der Waals surface area contributed by atoms with Gasteiger partial charge >= 0.3 is 0 Å². The summed E-state index contributed by atoms with van der Waals surface area (Å²) in [5, 5.41) is 8.87. The molecule has 10 heteroatoms. The van der Waals surface area contributed by atoms with Gasteiger partial charge in [-0.15, -0.1) is 0 Å². The molecule has 0 bridgehead atoms. The predicted molar refractivity (Wildman–Crippen MR) is 171 cm³/mol.